The van der Waals surface area contributed by atoms with Gasteiger partial charge in [-0.05, 0) is 29.5 Å². The zero-order valence-corrected chi connectivity index (χ0v) is 12.1. The van der Waals surface area contributed by atoms with Crippen LogP contribution in [-0.2, 0) is 23.6 Å². The lowest BCUT2D eigenvalue weighted by Crippen LogP contribution is -1.66. The summed E-state index contributed by atoms with van der Waals surface area (Å²) in [5.74, 6) is 0.833. The molecule has 11 heteroatoms. The second-order valence-corrected chi connectivity index (χ2v) is 7.75. The fourth-order valence-corrected chi connectivity index (χ4v) is 0. The Labute approximate surface area is 99.5 Å². The molecule has 0 aliphatic rings. The molecule has 0 aromatic heterocycles. The Balaban J connectivity index is -0.0000000590. The summed E-state index contributed by atoms with van der Waals surface area (Å²) in [7, 11) is 0. The summed E-state index contributed by atoms with van der Waals surface area (Å²) in [6.07, 6.45) is 0. The number of rotatable bonds is 0. The van der Waals surface area contributed by atoms with Gasteiger partial charge in [-0.15, -0.1) is 0 Å². The van der Waals surface area contributed by atoms with Crippen LogP contribution in [0.5, 0.6) is 0 Å². The van der Waals surface area contributed by atoms with E-state index in [2.05, 4.69) is 44.4 Å². The maximum atomic E-state index is 7.56. The molecule has 0 spiro atoms. The zero-order valence-electron chi connectivity index (χ0n) is 8.68. The van der Waals surface area contributed by atoms with Gasteiger partial charge in [0.2, 0.25) is 0 Å². The lowest BCUT2D eigenvalue weighted by Gasteiger charge is -1.88. The second-order valence-electron chi connectivity index (χ2n) is 2.76. The fourth-order valence-electron chi connectivity index (χ4n) is 0. The minimum absolute atomic E-state index is 0. The summed E-state index contributed by atoms with van der Waals surface area (Å²) < 4.78 is 0. The van der Waals surface area contributed by atoms with Crippen molar-refractivity contribution in [3.05, 3.63) is 0 Å². The Morgan fingerprint density at radius 2 is 0.733 bits per heavy atom. The summed E-state index contributed by atoms with van der Waals surface area (Å²) in [6, 6.07) is 0. The summed E-state index contributed by atoms with van der Waals surface area (Å²) in [4.78, 5) is 45.3. The summed E-state index contributed by atoms with van der Waals surface area (Å²) >= 11 is 7.21. The van der Waals surface area contributed by atoms with Gasteiger partial charge in [-0.3, -0.25) is 0 Å². The average Bonchev–Trinajstić information content (AvgIpc) is 1.45. The highest BCUT2D eigenvalue weighted by Gasteiger charge is 1.92. The molecule has 0 aliphatic carbocycles. The molecule has 15 heavy (non-hydrogen) atoms. The Morgan fingerprint density at radius 3 is 0.733 bits per heavy atom. The first-order valence-corrected chi connectivity index (χ1v) is 8.62. The predicted molar refractivity (Wildman–Crippen MR) is 67.4 cm³/mol. The molecule has 7 nitrogen and oxygen atoms in total. The minimum atomic E-state index is -3.81. The largest absolute Gasteiger partial charge is 0.344 e. The first-order chi connectivity index (χ1) is 5.73. The lowest BCUT2D eigenvalue weighted by molar-refractivity contribution is 0.361. The number of hydrogen-bond acceptors (Lipinski definition) is 3. The maximum Gasteiger partial charge on any atom is 0.319 e. The highest BCUT2D eigenvalue weighted by atomic mass is 32.5. The van der Waals surface area contributed by atoms with Gasteiger partial charge in [0, 0.05) is 0 Å². The molecule has 0 atom stereocenters. The van der Waals surface area contributed by atoms with Gasteiger partial charge >= 0.3 is 13.4 Å². The van der Waals surface area contributed by atoms with Gasteiger partial charge < -0.3 is 35.5 Å². The van der Waals surface area contributed by atoms with Crippen molar-refractivity contribution < 1.29 is 29.4 Å². The molecular formula is C4H19NO6P2S2. The van der Waals surface area contributed by atoms with Gasteiger partial charge in [-0.25, -0.2) is 0 Å². The zero-order chi connectivity index (χ0) is 12.6. The van der Waals surface area contributed by atoms with Crippen LogP contribution in [0.2, 0.25) is 0 Å². The van der Waals surface area contributed by atoms with Crippen molar-refractivity contribution in [3.8, 4) is 0 Å². The lowest BCUT2D eigenvalue weighted by atomic mass is 10.3. The van der Waals surface area contributed by atoms with E-state index in [0.717, 1.165) is 5.92 Å². The van der Waals surface area contributed by atoms with Crippen molar-refractivity contribution in [2.75, 3.05) is 0 Å². The van der Waals surface area contributed by atoms with E-state index < -0.39 is 13.4 Å². The minimum Gasteiger partial charge on any atom is -0.344 e. The molecule has 0 amide bonds. The van der Waals surface area contributed by atoms with Gasteiger partial charge in [0.15, 0.2) is 0 Å². The van der Waals surface area contributed by atoms with Crippen LogP contribution in [0.4, 0.5) is 0 Å². The molecule has 0 radical (unpaired) electrons. The summed E-state index contributed by atoms with van der Waals surface area (Å²) in [5.41, 5.74) is 0. The molecule has 0 aromatic rings. The smallest absolute Gasteiger partial charge is 0.319 e. The van der Waals surface area contributed by atoms with Crippen LogP contribution >= 0.6 is 13.4 Å². The van der Waals surface area contributed by atoms with Gasteiger partial charge in [0.1, 0.15) is 0 Å². The Hall–Kier alpha value is 1.02. The molecule has 0 aromatic carbocycles. The third-order valence-corrected chi connectivity index (χ3v) is 0. The second kappa shape index (κ2) is 11.5. The monoisotopic (exact) mass is 303 g/mol. The van der Waals surface area contributed by atoms with E-state index in [1.807, 2.05) is 0 Å². The molecule has 9 N–H and O–H groups in total. The van der Waals surface area contributed by atoms with E-state index in [4.69, 9.17) is 29.4 Å². The Morgan fingerprint density at radius 1 is 0.733 bits per heavy atom. The molecule has 0 aliphatic heterocycles. The maximum absolute atomic E-state index is 7.56. The van der Waals surface area contributed by atoms with Crippen LogP contribution in [0.1, 0.15) is 20.8 Å². The summed E-state index contributed by atoms with van der Waals surface area (Å²) in [5, 5.41) is 0. The highest BCUT2D eigenvalue weighted by molar-refractivity contribution is 8.06. The quantitative estimate of drug-likeness (QED) is 0.310. The standard InChI is InChI=1S/C4H10.H3N.2H3O3PS/c1-4(2)3;;2*1-4(2,3)5/h4H,1-3H3;1H3;2*(H3,1,2,3,5). The first kappa shape index (κ1) is 25.0. The van der Waals surface area contributed by atoms with Crippen molar-refractivity contribution in [2.24, 2.45) is 5.92 Å². The molecule has 0 rings (SSSR count). The van der Waals surface area contributed by atoms with Crippen molar-refractivity contribution in [2.45, 2.75) is 20.8 Å². The number of hydrogen-bond donors (Lipinski definition) is 7. The fraction of sp³-hybridized carbons (Fsp3) is 1.00. The van der Waals surface area contributed by atoms with Crippen LogP contribution in [0.3, 0.4) is 0 Å². The molecule has 98 valence electrons. The van der Waals surface area contributed by atoms with E-state index in [0.29, 0.717) is 0 Å². The predicted octanol–water partition coefficient (Wildman–Crippen LogP) is 0.200. The van der Waals surface area contributed by atoms with Gasteiger partial charge in [-0.2, -0.15) is 0 Å². The van der Waals surface area contributed by atoms with Crippen LogP contribution in [0, 0.1) is 5.92 Å². The van der Waals surface area contributed by atoms with Crippen molar-refractivity contribution in [1.29, 1.82) is 0 Å². The third kappa shape index (κ3) is 2450. The third-order valence-electron chi connectivity index (χ3n) is 0. The highest BCUT2D eigenvalue weighted by Crippen LogP contribution is 2.26. The topological polar surface area (TPSA) is 156 Å². The van der Waals surface area contributed by atoms with Crippen LogP contribution < -0.4 is 6.15 Å². The van der Waals surface area contributed by atoms with Crippen molar-refractivity contribution in [3.63, 3.8) is 0 Å². The van der Waals surface area contributed by atoms with Gasteiger partial charge in [0.05, 0.1) is 0 Å². The van der Waals surface area contributed by atoms with E-state index in [-0.39, 0.29) is 6.15 Å². The Kier molecular flexibility index (Phi) is 19.2. The first-order valence-electron chi connectivity index (χ1n) is 3.30. The van der Waals surface area contributed by atoms with E-state index in [1.54, 1.807) is 0 Å². The van der Waals surface area contributed by atoms with E-state index in [9.17, 15) is 0 Å². The molecule has 0 saturated heterocycles. The van der Waals surface area contributed by atoms with Crippen LogP contribution in [0.15, 0.2) is 0 Å². The Bertz CT molecular complexity index is 174. The van der Waals surface area contributed by atoms with Gasteiger partial charge in [-0.1, -0.05) is 20.8 Å². The SMILES string of the molecule is CC(C)C.N.OP(O)(O)=S.OP(O)(O)=S. The van der Waals surface area contributed by atoms with Crippen LogP contribution in [-0.4, -0.2) is 29.4 Å². The molecular weight excluding hydrogens is 284 g/mol. The molecule has 0 heterocycles. The molecule has 0 bridgehead atoms. The van der Waals surface area contributed by atoms with E-state index >= 15 is 0 Å². The van der Waals surface area contributed by atoms with Crippen molar-refractivity contribution in [1.82, 2.24) is 6.15 Å². The van der Waals surface area contributed by atoms with Gasteiger partial charge in [0.25, 0.3) is 0 Å². The van der Waals surface area contributed by atoms with E-state index in [1.165, 1.54) is 0 Å². The van der Waals surface area contributed by atoms with Crippen LogP contribution in [0.25, 0.3) is 0 Å². The van der Waals surface area contributed by atoms with Crippen molar-refractivity contribution >= 4 is 37.1 Å². The molecule has 0 unspecified atom stereocenters. The average molecular weight is 303 g/mol. The summed E-state index contributed by atoms with van der Waals surface area (Å²) in [6.45, 7) is -1.11. The normalized spacial score (nSPS) is 10.3. The molecule has 0 fully saturated rings. The molecule has 0 saturated carbocycles.